The van der Waals surface area contributed by atoms with E-state index in [4.69, 9.17) is 4.84 Å². The molecule has 2 rings (SSSR count). The van der Waals surface area contributed by atoms with E-state index in [1.807, 2.05) is 0 Å². The molecule has 19 heavy (non-hydrogen) atoms. The number of barbiturate groups is 1. The lowest BCUT2D eigenvalue weighted by molar-refractivity contribution is -1.13. The Morgan fingerprint density at radius 3 is 2.05 bits per heavy atom. The van der Waals surface area contributed by atoms with Gasteiger partial charge < -0.3 is 0 Å². The van der Waals surface area contributed by atoms with Gasteiger partial charge in [0.1, 0.15) is 13.1 Å². The molecule has 4 amide bonds. The van der Waals surface area contributed by atoms with Crippen molar-refractivity contribution in [2.75, 3.05) is 20.2 Å². The lowest BCUT2D eigenvalue weighted by Gasteiger charge is -2.49. The molecule has 2 fully saturated rings. The maximum absolute atomic E-state index is 12.3. The number of urea groups is 1. The molecule has 2 heterocycles. The fourth-order valence-corrected chi connectivity index (χ4v) is 3.27. The normalized spacial score (nSPS) is 25.7. The van der Waals surface area contributed by atoms with Crippen molar-refractivity contribution in [3.63, 3.8) is 0 Å². The second-order valence-corrected chi connectivity index (χ2v) is 5.03. The minimum Gasteiger partial charge on any atom is -0.272 e. The summed E-state index contributed by atoms with van der Waals surface area (Å²) in [4.78, 5) is 41.5. The third-order valence-electron chi connectivity index (χ3n) is 4.30. The molecule has 7 heteroatoms. The Balaban J connectivity index is 2.47. The van der Waals surface area contributed by atoms with Crippen LogP contribution in [0.1, 0.15) is 32.6 Å². The summed E-state index contributed by atoms with van der Waals surface area (Å²) in [6, 6.07) is -0.759. The van der Waals surface area contributed by atoms with E-state index in [0.717, 1.165) is 19.3 Å². The van der Waals surface area contributed by atoms with Crippen LogP contribution >= 0.6 is 0 Å². The molecule has 0 unspecified atom stereocenters. The summed E-state index contributed by atoms with van der Waals surface area (Å²) in [6.07, 6.45) is 3.13. The molecule has 0 radical (unpaired) electrons. The molecule has 2 N–H and O–H groups in total. The molecule has 2 aliphatic rings. The predicted molar refractivity (Wildman–Crippen MR) is 65.6 cm³/mol. The van der Waals surface area contributed by atoms with Gasteiger partial charge in [-0.15, -0.1) is 0 Å². The maximum Gasteiger partial charge on any atom is 0.328 e. The summed E-state index contributed by atoms with van der Waals surface area (Å²) in [7, 11) is 1.51. The number of carbonyl (C=O) groups is 3. The van der Waals surface area contributed by atoms with Crippen LogP contribution in [0, 0.1) is 0 Å². The topological polar surface area (TPSA) is 84.5 Å². The zero-order valence-corrected chi connectivity index (χ0v) is 11.3. The van der Waals surface area contributed by atoms with E-state index in [9.17, 15) is 14.4 Å². The largest absolute Gasteiger partial charge is 0.328 e. The summed E-state index contributed by atoms with van der Waals surface area (Å²) in [5.41, 5.74) is -1.37. The SMILES string of the molecule is CCC1([N+]2(OC)CCCCC2)C(=O)NC(=O)NC1=O. The van der Waals surface area contributed by atoms with Crippen LogP contribution in [0.5, 0.6) is 0 Å². The van der Waals surface area contributed by atoms with Crippen molar-refractivity contribution < 1.29 is 23.9 Å². The van der Waals surface area contributed by atoms with Crippen LogP contribution in [0.4, 0.5) is 4.79 Å². The summed E-state index contributed by atoms with van der Waals surface area (Å²) in [5, 5.41) is 4.40. The zero-order chi connectivity index (χ0) is 14.1. The molecule has 0 aliphatic carbocycles. The van der Waals surface area contributed by atoms with Gasteiger partial charge >= 0.3 is 17.8 Å². The molecule has 2 saturated heterocycles. The number of carbonyl (C=O) groups excluding carboxylic acids is 3. The quantitative estimate of drug-likeness (QED) is 0.561. The van der Waals surface area contributed by atoms with Crippen molar-refractivity contribution in [1.29, 1.82) is 0 Å². The van der Waals surface area contributed by atoms with E-state index in [1.165, 1.54) is 7.11 Å². The summed E-state index contributed by atoms with van der Waals surface area (Å²) >= 11 is 0. The number of likely N-dealkylation sites (tertiary alicyclic amines) is 1. The lowest BCUT2D eigenvalue weighted by Crippen LogP contribution is -2.80. The van der Waals surface area contributed by atoms with Gasteiger partial charge in [0.25, 0.3) is 5.54 Å². The van der Waals surface area contributed by atoms with Gasteiger partial charge in [-0.05, 0) is 19.3 Å². The smallest absolute Gasteiger partial charge is 0.272 e. The second-order valence-electron chi connectivity index (χ2n) is 5.03. The van der Waals surface area contributed by atoms with Crippen LogP contribution in [0.3, 0.4) is 0 Å². The van der Waals surface area contributed by atoms with Crippen molar-refractivity contribution >= 4 is 17.8 Å². The van der Waals surface area contributed by atoms with Crippen LogP contribution in [0.2, 0.25) is 0 Å². The Hall–Kier alpha value is -1.47. The first-order chi connectivity index (χ1) is 9.02. The summed E-state index contributed by atoms with van der Waals surface area (Å²) in [6.45, 7) is 2.96. The van der Waals surface area contributed by atoms with E-state index < -0.39 is 23.4 Å². The first kappa shape index (κ1) is 14.0. The number of nitrogens with one attached hydrogen (secondary N) is 2. The van der Waals surface area contributed by atoms with Crippen LogP contribution in [-0.2, 0) is 14.4 Å². The number of quaternary nitrogens is 1. The second kappa shape index (κ2) is 4.90. The highest BCUT2D eigenvalue weighted by Crippen LogP contribution is 2.35. The summed E-state index contributed by atoms with van der Waals surface area (Å²) < 4.78 is -0.0333. The fourth-order valence-electron chi connectivity index (χ4n) is 3.27. The highest BCUT2D eigenvalue weighted by molar-refractivity contribution is 6.21. The minimum absolute atomic E-state index is 0.0333. The van der Waals surface area contributed by atoms with Gasteiger partial charge in [-0.3, -0.25) is 20.2 Å². The molecule has 0 aromatic heterocycles. The molecule has 0 saturated carbocycles. The van der Waals surface area contributed by atoms with E-state index >= 15 is 0 Å². The van der Waals surface area contributed by atoms with Crippen LogP contribution in [0.15, 0.2) is 0 Å². The predicted octanol–water partition coefficient (Wildman–Crippen LogP) is 0.0633. The van der Waals surface area contributed by atoms with E-state index in [2.05, 4.69) is 10.6 Å². The van der Waals surface area contributed by atoms with Crippen LogP contribution in [0.25, 0.3) is 0 Å². The molecular formula is C12H20N3O4+. The standard InChI is InChI=1S/C12H19N3O4/c1-3-12(9(16)13-11(18)14-10(12)17)15(19-2)7-5-4-6-8-15/h3-8H2,1-2H3,(H-,13,14,16,17,18)/p+1. The van der Waals surface area contributed by atoms with Crippen LogP contribution < -0.4 is 10.6 Å². The van der Waals surface area contributed by atoms with Gasteiger partial charge in [-0.25, -0.2) is 9.63 Å². The number of hydrogen-bond donors (Lipinski definition) is 2. The zero-order valence-electron chi connectivity index (χ0n) is 11.3. The first-order valence-electron chi connectivity index (χ1n) is 6.62. The highest BCUT2D eigenvalue weighted by atomic mass is 16.7. The van der Waals surface area contributed by atoms with Crippen molar-refractivity contribution in [1.82, 2.24) is 10.6 Å². The van der Waals surface area contributed by atoms with E-state index in [-0.39, 0.29) is 11.1 Å². The number of hydroxylamine groups is 3. The van der Waals surface area contributed by atoms with E-state index in [1.54, 1.807) is 6.92 Å². The van der Waals surface area contributed by atoms with Gasteiger partial charge in [0.2, 0.25) is 0 Å². The Morgan fingerprint density at radius 1 is 1.11 bits per heavy atom. The van der Waals surface area contributed by atoms with Gasteiger partial charge in [-0.2, -0.15) is 4.65 Å². The maximum atomic E-state index is 12.3. The van der Waals surface area contributed by atoms with Gasteiger partial charge in [0.05, 0.1) is 7.11 Å². The Bertz CT molecular complexity index is 395. The molecule has 0 atom stereocenters. The average Bonchev–Trinajstić information content (AvgIpc) is 2.39. The third kappa shape index (κ3) is 1.84. The average molecular weight is 270 g/mol. The Morgan fingerprint density at radius 2 is 1.63 bits per heavy atom. The van der Waals surface area contributed by atoms with E-state index in [0.29, 0.717) is 13.1 Å². The number of imide groups is 2. The molecule has 2 aliphatic heterocycles. The molecule has 0 aromatic carbocycles. The lowest BCUT2D eigenvalue weighted by atomic mass is 9.87. The van der Waals surface area contributed by atoms with Crippen molar-refractivity contribution in [3.8, 4) is 0 Å². The molecule has 0 aromatic rings. The van der Waals surface area contributed by atoms with Crippen molar-refractivity contribution in [2.45, 2.75) is 38.1 Å². The molecule has 0 bridgehead atoms. The number of hydrogen-bond acceptors (Lipinski definition) is 4. The summed E-state index contributed by atoms with van der Waals surface area (Å²) in [5.74, 6) is -1.12. The molecule has 106 valence electrons. The van der Waals surface area contributed by atoms with Gasteiger partial charge in [0.15, 0.2) is 0 Å². The monoisotopic (exact) mass is 270 g/mol. The minimum atomic E-state index is -1.37. The van der Waals surface area contributed by atoms with Crippen molar-refractivity contribution in [3.05, 3.63) is 0 Å². The highest BCUT2D eigenvalue weighted by Gasteiger charge is 2.65. The third-order valence-corrected chi connectivity index (χ3v) is 4.30. The van der Waals surface area contributed by atoms with Crippen LogP contribution in [-0.4, -0.2) is 48.2 Å². The number of piperidine rings is 1. The van der Waals surface area contributed by atoms with Gasteiger partial charge in [-0.1, -0.05) is 6.92 Å². The Labute approximate surface area is 111 Å². The molecule has 7 nitrogen and oxygen atoms in total. The number of nitrogens with zero attached hydrogens (tertiary/aromatic N) is 1. The molecular weight excluding hydrogens is 250 g/mol. The van der Waals surface area contributed by atoms with Crippen molar-refractivity contribution in [2.24, 2.45) is 0 Å². The number of rotatable bonds is 3. The number of amides is 4. The first-order valence-corrected chi connectivity index (χ1v) is 6.62. The molecule has 0 spiro atoms. The fraction of sp³-hybridized carbons (Fsp3) is 0.750. The van der Waals surface area contributed by atoms with Gasteiger partial charge in [0, 0.05) is 6.42 Å². The Kier molecular flexibility index (Phi) is 3.60.